The van der Waals surface area contributed by atoms with Gasteiger partial charge in [-0.1, -0.05) is 13.8 Å². The number of hydrazone groups is 1. The summed E-state index contributed by atoms with van der Waals surface area (Å²) in [6.45, 7) is 5.30. The van der Waals surface area contributed by atoms with E-state index in [4.69, 9.17) is 0 Å². The molecule has 0 atom stereocenters. The molecule has 0 aromatic rings. The zero-order valence-electron chi connectivity index (χ0n) is 4.73. The second kappa shape index (κ2) is 1.52. The van der Waals surface area contributed by atoms with Gasteiger partial charge in [0.25, 0.3) is 0 Å². The van der Waals surface area contributed by atoms with Crippen LogP contribution in [0.4, 0.5) is 0 Å². The van der Waals surface area contributed by atoms with Crippen molar-refractivity contribution >= 4 is 5.71 Å². The van der Waals surface area contributed by atoms with Gasteiger partial charge >= 0.3 is 0 Å². The van der Waals surface area contributed by atoms with Gasteiger partial charge in [-0.2, -0.15) is 5.10 Å². The fourth-order valence-electron chi connectivity index (χ4n) is 0.504. The second-order valence-corrected chi connectivity index (χ2v) is 2.09. The zero-order valence-corrected chi connectivity index (χ0v) is 4.73. The average molecular weight is 98.1 g/mol. The Morgan fingerprint density at radius 2 is 2.29 bits per heavy atom. The molecule has 0 aromatic carbocycles. The van der Waals surface area contributed by atoms with Crippen molar-refractivity contribution in [2.24, 2.45) is 11.0 Å². The molecule has 0 amide bonds. The molecule has 7 heavy (non-hydrogen) atoms. The van der Waals surface area contributed by atoms with Crippen molar-refractivity contribution in [1.29, 1.82) is 0 Å². The molecule has 40 valence electrons. The number of nitrogens with one attached hydrogen (secondary N) is 1. The lowest BCUT2D eigenvalue weighted by Crippen LogP contribution is -2.34. The van der Waals surface area contributed by atoms with Crippen LogP contribution < -0.4 is 5.43 Å². The minimum Gasteiger partial charge on any atom is -0.304 e. The average Bonchev–Trinajstić information content (AvgIpc) is 1.23. The molecule has 1 rings (SSSR count). The van der Waals surface area contributed by atoms with Gasteiger partial charge in [0, 0.05) is 0 Å². The van der Waals surface area contributed by atoms with Gasteiger partial charge in [0.1, 0.15) is 0 Å². The maximum absolute atomic E-state index is 3.94. The van der Waals surface area contributed by atoms with Gasteiger partial charge in [0.2, 0.25) is 0 Å². The lowest BCUT2D eigenvalue weighted by Gasteiger charge is -2.17. The number of nitrogens with zero attached hydrogens (tertiary/aromatic N) is 1. The van der Waals surface area contributed by atoms with Crippen LogP contribution in [0.15, 0.2) is 5.10 Å². The SMILES string of the molecule is CC(C)C1=NNC1. The highest BCUT2D eigenvalue weighted by molar-refractivity contribution is 5.90. The summed E-state index contributed by atoms with van der Waals surface area (Å²) in [6, 6.07) is 0. The Morgan fingerprint density at radius 1 is 1.71 bits per heavy atom. The molecule has 0 fully saturated rings. The topological polar surface area (TPSA) is 24.4 Å². The largest absolute Gasteiger partial charge is 0.304 e. The molecule has 0 unspecified atom stereocenters. The summed E-state index contributed by atoms with van der Waals surface area (Å²) in [5.74, 6) is 0.640. The Kier molecular flexibility index (Phi) is 1.01. The molecule has 0 radical (unpaired) electrons. The molecule has 1 N–H and O–H groups in total. The van der Waals surface area contributed by atoms with E-state index in [1.165, 1.54) is 5.71 Å². The monoisotopic (exact) mass is 98.1 g/mol. The molecule has 0 bridgehead atoms. The molecule has 0 aliphatic carbocycles. The summed E-state index contributed by atoms with van der Waals surface area (Å²) < 4.78 is 0. The molecular weight excluding hydrogens is 88.1 g/mol. The van der Waals surface area contributed by atoms with Gasteiger partial charge in [0.15, 0.2) is 0 Å². The minimum atomic E-state index is 0.640. The fourth-order valence-corrected chi connectivity index (χ4v) is 0.504. The summed E-state index contributed by atoms with van der Waals surface area (Å²) in [5.41, 5.74) is 4.12. The van der Waals surface area contributed by atoms with Gasteiger partial charge in [-0.3, -0.25) is 0 Å². The highest BCUT2D eigenvalue weighted by Crippen LogP contribution is 1.99. The summed E-state index contributed by atoms with van der Waals surface area (Å²) >= 11 is 0. The van der Waals surface area contributed by atoms with Gasteiger partial charge in [0.05, 0.1) is 12.3 Å². The Bertz CT molecular complexity index is 94.3. The molecule has 1 heterocycles. The molecule has 0 spiro atoms. The van der Waals surface area contributed by atoms with Gasteiger partial charge < -0.3 is 5.43 Å². The molecule has 0 saturated carbocycles. The first-order valence-corrected chi connectivity index (χ1v) is 2.60. The van der Waals surface area contributed by atoms with Crippen LogP contribution in [0, 0.1) is 5.92 Å². The Hall–Kier alpha value is -0.530. The van der Waals surface area contributed by atoms with Crippen molar-refractivity contribution in [3.8, 4) is 0 Å². The van der Waals surface area contributed by atoms with E-state index in [9.17, 15) is 0 Å². The van der Waals surface area contributed by atoms with Crippen molar-refractivity contribution in [3.05, 3.63) is 0 Å². The summed E-state index contributed by atoms with van der Waals surface area (Å²) in [4.78, 5) is 0. The Balaban J connectivity index is 2.40. The first-order valence-electron chi connectivity index (χ1n) is 2.60. The van der Waals surface area contributed by atoms with Crippen molar-refractivity contribution in [3.63, 3.8) is 0 Å². The standard InChI is InChI=1S/C5H10N2/c1-4(2)5-3-6-7-5/h4,6H,3H2,1-2H3. The Morgan fingerprint density at radius 3 is 2.29 bits per heavy atom. The summed E-state index contributed by atoms with van der Waals surface area (Å²) in [6.07, 6.45) is 0. The maximum Gasteiger partial charge on any atom is 0.0733 e. The van der Waals surface area contributed by atoms with Crippen LogP contribution in [0.3, 0.4) is 0 Å². The first-order chi connectivity index (χ1) is 3.30. The second-order valence-electron chi connectivity index (χ2n) is 2.09. The maximum atomic E-state index is 3.94. The third-order valence-electron chi connectivity index (χ3n) is 1.15. The van der Waals surface area contributed by atoms with E-state index in [0.717, 1.165) is 6.54 Å². The van der Waals surface area contributed by atoms with Crippen LogP contribution in [0.25, 0.3) is 0 Å². The molecule has 1 aliphatic heterocycles. The van der Waals surface area contributed by atoms with Crippen molar-refractivity contribution in [2.75, 3.05) is 6.54 Å². The van der Waals surface area contributed by atoms with Crippen molar-refractivity contribution in [2.45, 2.75) is 13.8 Å². The van der Waals surface area contributed by atoms with Crippen molar-refractivity contribution in [1.82, 2.24) is 5.43 Å². The normalized spacial score (nSPS) is 17.9. The molecular formula is C5H10N2. The van der Waals surface area contributed by atoms with Crippen LogP contribution in [-0.4, -0.2) is 12.3 Å². The van der Waals surface area contributed by atoms with Crippen molar-refractivity contribution < 1.29 is 0 Å². The fraction of sp³-hybridized carbons (Fsp3) is 0.800. The predicted molar refractivity (Wildman–Crippen MR) is 30.3 cm³/mol. The minimum absolute atomic E-state index is 0.640. The number of hydrogen-bond acceptors (Lipinski definition) is 2. The zero-order chi connectivity index (χ0) is 5.28. The smallest absolute Gasteiger partial charge is 0.0733 e. The van der Waals surface area contributed by atoms with Gasteiger partial charge in [-0.25, -0.2) is 0 Å². The van der Waals surface area contributed by atoms with Crippen LogP contribution in [0.2, 0.25) is 0 Å². The van der Waals surface area contributed by atoms with E-state index in [2.05, 4.69) is 24.4 Å². The molecule has 2 heteroatoms. The van der Waals surface area contributed by atoms with E-state index in [1.807, 2.05) is 0 Å². The van der Waals surface area contributed by atoms with Gasteiger partial charge in [-0.05, 0) is 5.92 Å². The molecule has 0 saturated heterocycles. The van der Waals surface area contributed by atoms with Crippen LogP contribution in [-0.2, 0) is 0 Å². The third-order valence-corrected chi connectivity index (χ3v) is 1.15. The number of hydrogen-bond donors (Lipinski definition) is 1. The molecule has 0 aromatic heterocycles. The summed E-state index contributed by atoms with van der Waals surface area (Å²) in [5, 5.41) is 3.94. The van der Waals surface area contributed by atoms with E-state index < -0.39 is 0 Å². The van der Waals surface area contributed by atoms with E-state index in [1.54, 1.807) is 0 Å². The van der Waals surface area contributed by atoms with E-state index in [-0.39, 0.29) is 0 Å². The van der Waals surface area contributed by atoms with Gasteiger partial charge in [-0.15, -0.1) is 0 Å². The van der Waals surface area contributed by atoms with Crippen LogP contribution in [0.1, 0.15) is 13.8 Å². The first kappa shape index (κ1) is 4.62. The molecule has 1 aliphatic rings. The van der Waals surface area contributed by atoms with Crippen LogP contribution >= 0.6 is 0 Å². The number of rotatable bonds is 1. The lowest BCUT2D eigenvalue weighted by atomic mass is 10.1. The quantitative estimate of drug-likeness (QED) is 0.510. The third kappa shape index (κ3) is 0.734. The highest BCUT2D eigenvalue weighted by atomic mass is 15.3. The highest BCUT2D eigenvalue weighted by Gasteiger charge is 2.09. The molecule has 2 nitrogen and oxygen atoms in total. The van der Waals surface area contributed by atoms with E-state index >= 15 is 0 Å². The summed E-state index contributed by atoms with van der Waals surface area (Å²) in [7, 11) is 0. The predicted octanol–water partition coefficient (Wildman–Crippen LogP) is 0.602. The lowest BCUT2D eigenvalue weighted by molar-refractivity contribution is 0.698. The van der Waals surface area contributed by atoms with E-state index in [0.29, 0.717) is 5.92 Å². The Labute approximate surface area is 43.6 Å². The van der Waals surface area contributed by atoms with Crippen LogP contribution in [0.5, 0.6) is 0 Å².